The molecule has 3 aromatic heterocycles. The number of hydrogen-bond acceptors (Lipinski definition) is 8. The van der Waals surface area contributed by atoms with Crippen molar-refractivity contribution in [1.29, 1.82) is 0 Å². The number of nitrogens with one attached hydrogen (secondary N) is 1. The van der Waals surface area contributed by atoms with Crippen LogP contribution in [0.25, 0.3) is 17.0 Å². The van der Waals surface area contributed by atoms with Crippen molar-refractivity contribution in [3.8, 4) is 22.9 Å². The number of pyridine rings is 1. The van der Waals surface area contributed by atoms with Crippen LogP contribution >= 0.6 is 11.6 Å². The van der Waals surface area contributed by atoms with Crippen molar-refractivity contribution in [3.63, 3.8) is 0 Å². The van der Waals surface area contributed by atoms with Crippen molar-refractivity contribution in [3.05, 3.63) is 60.0 Å². The lowest BCUT2D eigenvalue weighted by Gasteiger charge is -2.39. The van der Waals surface area contributed by atoms with Crippen molar-refractivity contribution in [2.75, 3.05) is 32.1 Å². The molecule has 5 rings (SSSR count). The minimum Gasteiger partial charge on any atom is -0.494 e. The molecule has 4 aromatic rings. The maximum Gasteiger partial charge on any atom is 0.227 e. The molecule has 1 aromatic carbocycles. The van der Waals surface area contributed by atoms with E-state index < -0.39 is 0 Å². The predicted octanol–water partition coefficient (Wildman–Crippen LogP) is 3.64. The van der Waals surface area contributed by atoms with Crippen LogP contribution in [0.5, 0.6) is 11.5 Å². The van der Waals surface area contributed by atoms with Gasteiger partial charge in [-0.3, -0.25) is 9.30 Å². The van der Waals surface area contributed by atoms with Crippen LogP contribution < -0.4 is 14.8 Å². The van der Waals surface area contributed by atoms with Gasteiger partial charge in [0.25, 0.3) is 0 Å². The Bertz CT molecular complexity index is 1310. The Morgan fingerprint density at radius 2 is 2.06 bits per heavy atom. The van der Waals surface area contributed by atoms with Crippen molar-refractivity contribution in [2.45, 2.75) is 19.1 Å². The number of benzene rings is 1. The molecule has 176 valence electrons. The third-order valence-corrected chi connectivity index (χ3v) is 5.85. The number of methoxy groups -OCH3 is 1. The second-order valence-electron chi connectivity index (χ2n) is 8.26. The monoisotopic (exact) mass is 480 g/mol. The number of anilines is 2. The van der Waals surface area contributed by atoms with Crippen molar-refractivity contribution in [1.82, 2.24) is 24.3 Å². The molecule has 2 N–H and O–H groups in total. The van der Waals surface area contributed by atoms with Crippen LogP contribution in [0.15, 0.2) is 55.0 Å². The molecule has 0 spiro atoms. The number of ether oxygens (including phenoxy) is 2. The van der Waals surface area contributed by atoms with E-state index in [1.165, 1.54) is 0 Å². The summed E-state index contributed by atoms with van der Waals surface area (Å²) in [7, 11) is 1.60. The second kappa shape index (κ2) is 9.46. The van der Waals surface area contributed by atoms with Crippen LogP contribution in [-0.4, -0.2) is 68.3 Å². The van der Waals surface area contributed by atoms with Crippen LogP contribution in [0.3, 0.4) is 0 Å². The van der Waals surface area contributed by atoms with Crippen LogP contribution in [0.1, 0.15) is 6.92 Å². The SMILES string of the molecule is COc1cc(OC2CN(C[C@H](C)O)C2)ccc1Nc1ncc(Cl)c(-c2cnc3ccccn23)n1. The fraction of sp³-hybridized carbons (Fsp3) is 0.292. The van der Waals surface area contributed by atoms with Gasteiger partial charge in [0.2, 0.25) is 5.95 Å². The van der Waals surface area contributed by atoms with Gasteiger partial charge in [-0.05, 0) is 31.2 Å². The second-order valence-corrected chi connectivity index (χ2v) is 8.66. The summed E-state index contributed by atoms with van der Waals surface area (Å²) in [5.41, 5.74) is 2.85. The summed E-state index contributed by atoms with van der Waals surface area (Å²) in [6.45, 7) is 4.02. The first-order valence-electron chi connectivity index (χ1n) is 11.0. The molecule has 1 aliphatic heterocycles. The zero-order valence-electron chi connectivity index (χ0n) is 18.8. The Kier molecular flexibility index (Phi) is 6.23. The van der Waals surface area contributed by atoms with E-state index in [-0.39, 0.29) is 12.2 Å². The molecule has 0 unspecified atom stereocenters. The Morgan fingerprint density at radius 1 is 1.21 bits per heavy atom. The molecule has 0 radical (unpaired) electrons. The van der Waals surface area contributed by atoms with Gasteiger partial charge in [0, 0.05) is 31.9 Å². The van der Waals surface area contributed by atoms with Gasteiger partial charge >= 0.3 is 0 Å². The van der Waals surface area contributed by atoms with Crippen molar-refractivity contribution in [2.24, 2.45) is 0 Å². The van der Waals surface area contributed by atoms with Crippen molar-refractivity contribution < 1.29 is 14.6 Å². The molecule has 4 heterocycles. The summed E-state index contributed by atoms with van der Waals surface area (Å²) in [4.78, 5) is 15.5. The molecule has 0 saturated carbocycles. The third-order valence-electron chi connectivity index (χ3n) is 5.57. The molecular formula is C24H25ClN6O3. The molecule has 0 aliphatic carbocycles. The van der Waals surface area contributed by atoms with E-state index in [2.05, 4.69) is 25.2 Å². The lowest BCUT2D eigenvalue weighted by Crippen LogP contribution is -2.55. The number of fused-ring (bicyclic) bond motifs is 1. The van der Waals surface area contributed by atoms with Gasteiger partial charge in [-0.25, -0.2) is 15.0 Å². The number of aromatic nitrogens is 4. The normalized spacial score (nSPS) is 15.2. The summed E-state index contributed by atoms with van der Waals surface area (Å²) < 4.78 is 13.5. The molecular weight excluding hydrogens is 456 g/mol. The number of nitrogens with zero attached hydrogens (tertiary/aromatic N) is 5. The maximum atomic E-state index is 9.49. The van der Waals surface area contributed by atoms with Gasteiger partial charge in [0.05, 0.1) is 42.0 Å². The first kappa shape index (κ1) is 22.4. The fourth-order valence-electron chi connectivity index (χ4n) is 4.00. The van der Waals surface area contributed by atoms with Gasteiger partial charge in [-0.2, -0.15) is 0 Å². The molecule has 1 saturated heterocycles. The molecule has 10 heteroatoms. The minimum atomic E-state index is -0.338. The number of aliphatic hydroxyl groups excluding tert-OH is 1. The number of rotatable bonds is 8. The Morgan fingerprint density at radius 3 is 2.85 bits per heavy atom. The average molecular weight is 481 g/mol. The highest BCUT2D eigenvalue weighted by Gasteiger charge is 2.29. The van der Waals surface area contributed by atoms with E-state index in [1.54, 1.807) is 26.4 Å². The van der Waals surface area contributed by atoms with Gasteiger partial charge in [0.1, 0.15) is 28.9 Å². The van der Waals surface area contributed by atoms with E-state index in [0.717, 1.165) is 24.4 Å². The number of imidazole rings is 1. The van der Waals surface area contributed by atoms with E-state index in [1.807, 2.05) is 47.0 Å². The number of hydrogen-bond donors (Lipinski definition) is 2. The van der Waals surface area contributed by atoms with Crippen LogP contribution in [-0.2, 0) is 0 Å². The topological polar surface area (TPSA) is 97.0 Å². The number of aliphatic hydroxyl groups is 1. The lowest BCUT2D eigenvalue weighted by molar-refractivity contribution is -0.00436. The number of halogens is 1. The highest BCUT2D eigenvalue weighted by atomic mass is 35.5. The molecule has 9 nitrogen and oxygen atoms in total. The van der Waals surface area contributed by atoms with Crippen LogP contribution in [0.2, 0.25) is 5.02 Å². The predicted molar refractivity (Wildman–Crippen MR) is 130 cm³/mol. The molecule has 1 aliphatic rings. The van der Waals surface area contributed by atoms with Gasteiger partial charge in [-0.15, -0.1) is 0 Å². The molecule has 34 heavy (non-hydrogen) atoms. The highest BCUT2D eigenvalue weighted by Crippen LogP contribution is 2.33. The Labute approximate surface area is 202 Å². The number of β-amino-alcohol motifs (C(OH)–C–C–N with tert-alkyl or cyclic N) is 1. The summed E-state index contributed by atoms with van der Waals surface area (Å²) in [5.74, 6) is 1.70. The average Bonchev–Trinajstić information content (AvgIpc) is 3.23. The van der Waals surface area contributed by atoms with Crippen molar-refractivity contribution >= 4 is 28.9 Å². The van der Waals surface area contributed by atoms with E-state index >= 15 is 0 Å². The fourth-order valence-corrected chi connectivity index (χ4v) is 4.18. The smallest absolute Gasteiger partial charge is 0.227 e. The Hall–Kier alpha value is -3.40. The summed E-state index contributed by atoms with van der Waals surface area (Å²) >= 11 is 6.42. The summed E-state index contributed by atoms with van der Waals surface area (Å²) in [6.07, 6.45) is 4.97. The maximum absolute atomic E-state index is 9.49. The quantitative estimate of drug-likeness (QED) is 0.394. The standard InChI is InChI=1S/C24H25ClN6O3/c1-15(32)12-30-13-17(14-30)34-16-6-7-19(21(9-16)33-2)28-24-27-10-18(25)23(29-24)20-11-26-22-5-3-4-8-31(20)22/h3-11,15,17,32H,12-14H2,1-2H3,(H,27,28,29)/t15-/m0/s1. The zero-order valence-corrected chi connectivity index (χ0v) is 19.6. The largest absolute Gasteiger partial charge is 0.494 e. The summed E-state index contributed by atoms with van der Waals surface area (Å²) in [5, 5.41) is 13.1. The van der Waals surface area contributed by atoms with E-state index in [4.69, 9.17) is 21.1 Å². The minimum absolute atomic E-state index is 0.0925. The van der Waals surface area contributed by atoms with Gasteiger partial charge in [-0.1, -0.05) is 17.7 Å². The highest BCUT2D eigenvalue weighted by molar-refractivity contribution is 6.32. The van der Waals surface area contributed by atoms with Gasteiger partial charge in [0.15, 0.2) is 0 Å². The van der Waals surface area contributed by atoms with Crippen LogP contribution in [0.4, 0.5) is 11.6 Å². The molecule has 1 atom stereocenters. The van der Waals surface area contributed by atoms with E-state index in [9.17, 15) is 5.11 Å². The first-order chi connectivity index (χ1) is 16.5. The first-order valence-corrected chi connectivity index (χ1v) is 11.3. The van der Waals surface area contributed by atoms with E-state index in [0.29, 0.717) is 40.4 Å². The molecule has 0 bridgehead atoms. The van der Waals surface area contributed by atoms with Gasteiger partial charge < -0.3 is 19.9 Å². The number of likely N-dealkylation sites (tertiary alicyclic amines) is 1. The zero-order chi connectivity index (χ0) is 23.7. The summed E-state index contributed by atoms with van der Waals surface area (Å²) in [6, 6.07) is 11.4. The van der Waals surface area contributed by atoms with Crippen LogP contribution in [0, 0.1) is 0 Å². The molecule has 1 fully saturated rings. The Balaban J connectivity index is 1.33. The molecule has 0 amide bonds. The lowest BCUT2D eigenvalue weighted by atomic mass is 10.1. The third kappa shape index (κ3) is 4.63.